The van der Waals surface area contributed by atoms with Gasteiger partial charge in [-0.05, 0) is 6.92 Å². The molecule has 0 spiro atoms. The Morgan fingerprint density at radius 2 is 2.78 bits per heavy atom. The maximum Gasteiger partial charge on any atom is 0.163 e. The second kappa shape index (κ2) is 3.25. The Balaban J connectivity index is 2.30. The van der Waals surface area contributed by atoms with Gasteiger partial charge >= 0.3 is 0 Å². The summed E-state index contributed by atoms with van der Waals surface area (Å²) in [5.74, 6) is 0.719. The molecule has 0 amide bonds. The van der Waals surface area contributed by atoms with Crippen molar-refractivity contribution in [2.45, 2.75) is 13.5 Å². The summed E-state index contributed by atoms with van der Waals surface area (Å²) in [6, 6.07) is 1.66. The van der Waals surface area contributed by atoms with Gasteiger partial charge in [0.15, 0.2) is 5.76 Å². The van der Waals surface area contributed by atoms with Crippen molar-refractivity contribution in [3.05, 3.63) is 18.0 Å². The van der Waals surface area contributed by atoms with Crippen LogP contribution < -0.4 is 0 Å². The fourth-order valence-corrected chi connectivity index (χ4v) is 0.480. The number of nitrogens with zero attached hydrogens (tertiary/aromatic N) is 1. The molecular formula is C6H8NO2. The first kappa shape index (κ1) is 6.29. The van der Waals surface area contributed by atoms with Gasteiger partial charge < -0.3 is 9.26 Å². The standard InChI is InChI=1S/C6H8NO2/c1-2-8-5-6-3-4-7-9-6/h3H,2,5H2,1H3. The molecule has 0 fully saturated rings. The molecule has 1 aromatic rings. The van der Waals surface area contributed by atoms with Gasteiger partial charge in [0.05, 0.1) is 0 Å². The topological polar surface area (TPSA) is 35.3 Å². The zero-order valence-electron chi connectivity index (χ0n) is 5.26. The van der Waals surface area contributed by atoms with Crippen molar-refractivity contribution in [1.29, 1.82) is 0 Å². The Morgan fingerprint density at radius 3 is 3.33 bits per heavy atom. The zero-order chi connectivity index (χ0) is 6.53. The average Bonchev–Trinajstić information content (AvgIpc) is 2.34. The van der Waals surface area contributed by atoms with Gasteiger partial charge in [-0.15, -0.1) is 0 Å². The summed E-state index contributed by atoms with van der Waals surface area (Å²) in [5.41, 5.74) is 0. The highest BCUT2D eigenvalue weighted by Crippen LogP contribution is 1.96. The Morgan fingerprint density at radius 1 is 1.89 bits per heavy atom. The van der Waals surface area contributed by atoms with E-state index in [1.165, 1.54) is 0 Å². The minimum atomic E-state index is 0.493. The molecule has 9 heavy (non-hydrogen) atoms. The van der Waals surface area contributed by atoms with Crippen LogP contribution in [0.2, 0.25) is 0 Å². The highest BCUT2D eigenvalue weighted by molar-refractivity contribution is 4.88. The predicted molar refractivity (Wildman–Crippen MR) is 30.7 cm³/mol. The molecule has 3 nitrogen and oxygen atoms in total. The maximum atomic E-state index is 5.02. The van der Waals surface area contributed by atoms with E-state index in [2.05, 4.69) is 11.4 Å². The van der Waals surface area contributed by atoms with Crippen LogP contribution in [-0.2, 0) is 11.3 Å². The van der Waals surface area contributed by atoms with Gasteiger partial charge in [0.2, 0.25) is 0 Å². The Labute approximate surface area is 53.6 Å². The zero-order valence-corrected chi connectivity index (χ0v) is 5.26. The molecule has 1 heterocycles. The second-order valence-electron chi connectivity index (χ2n) is 1.56. The third-order valence-electron chi connectivity index (χ3n) is 0.890. The summed E-state index contributed by atoms with van der Waals surface area (Å²) in [6.07, 6.45) is 2.54. The van der Waals surface area contributed by atoms with Crippen LogP contribution in [0.3, 0.4) is 0 Å². The van der Waals surface area contributed by atoms with Crippen molar-refractivity contribution in [1.82, 2.24) is 5.16 Å². The number of aromatic nitrogens is 1. The molecule has 1 rings (SSSR count). The lowest BCUT2D eigenvalue weighted by Gasteiger charge is -1.92. The molecule has 1 aromatic heterocycles. The lowest BCUT2D eigenvalue weighted by Crippen LogP contribution is -1.88. The quantitative estimate of drug-likeness (QED) is 0.606. The number of rotatable bonds is 3. The van der Waals surface area contributed by atoms with Crippen molar-refractivity contribution >= 4 is 0 Å². The summed E-state index contributed by atoms with van der Waals surface area (Å²) in [5, 5.41) is 3.40. The van der Waals surface area contributed by atoms with E-state index in [1.807, 2.05) is 6.92 Å². The minimum Gasteiger partial charge on any atom is -0.374 e. The van der Waals surface area contributed by atoms with Gasteiger partial charge in [0.1, 0.15) is 12.8 Å². The van der Waals surface area contributed by atoms with Gasteiger partial charge in [-0.25, -0.2) is 0 Å². The molecule has 0 aliphatic carbocycles. The first-order chi connectivity index (χ1) is 4.43. The Bertz CT molecular complexity index is 148. The van der Waals surface area contributed by atoms with Crippen LogP contribution in [0.4, 0.5) is 0 Å². The summed E-state index contributed by atoms with van der Waals surface area (Å²) < 4.78 is 9.73. The van der Waals surface area contributed by atoms with Crippen LogP contribution >= 0.6 is 0 Å². The van der Waals surface area contributed by atoms with Gasteiger partial charge in [0.25, 0.3) is 0 Å². The van der Waals surface area contributed by atoms with Crippen molar-refractivity contribution in [2.75, 3.05) is 6.61 Å². The highest BCUT2D eigenvalue weighted by Gasteiger charge is 1.93. The fourth-order valence-electron chi connectivity index (χ4n) is 0.480. The van der Waals surface area contributed by atoms with Crippen LogP contribution in [0.1, 0.15) is 12.7 Å². The Kier molecular flexibility index (Phi) is 2.27. The molecule has 0 aliphatic rings. The second-order valence-corrected chi connectivity index (χ2v) is 1.56. The number of hydrogen-bond donors (Lipinski definition) is 0. The monoisotopic (exact) mass is 126 g/mol. The minimum absolute atomic E-state index is 0.493. The summed E-state index contributed by atoms with van der Waals surface area (Å²) in [7, 11) is 0. The van der Waals surface area contributed by atoms with E-state index >= 15 is 0 Å². The largest absolute Gasteiger partial charge is 0.374 e. The maximum absolute atomic E-state index is 5.02. The molecule has 0 saturated carbocycles. The van der Waals surface area contributed by atoms with Gasteiger partial charge in [0, 0.05) is 12.7 Å². The predicted octanol–water partition coefficient (Wildman–Crippen LogP) is 1.01. The summed E-state index contributed by atoms with van der Waals surface area (Å²) in [6.45, 7) is 3.12. The average molecular weight is 126 g/mol. The third kappa shape index (κ3) is 1.85. The summed E-state index contributed by atoms with van der Waals surface area (Å²) in [4.78, 5) is 0. The summed E-state index contributed by atoms with van der Waals surface area (Å²) >= 11 is 0. The SMILES string of the molecule is CCOCc1c[c]no1. The fraction of sp³-hybridized carbons (Fsp3) is 0.500. The van der Waals surface area contributed by atoms with Crippen LogP contribution in [0.15, 0.2) is 10.6 Å². The van der Waals surface area contributed by atoms with Gasteiger partial charge in [-0.1, -0.05) is 5.16 Å². The van der Waals surface area contributed by atoms with Crippen LogP contribution in [0.25, 0.3) is 0 Å². The molecule has 0 unspecified atom stereocenters. The molecular weight excluding hydrogens is 118 g/mol. The number of hydrogen-bond acceptors (Lipinski definition) is 3. The van der Waals surface area contributed by atoms with E-state index < -0.39 is 0 Å². The molecule has 0 aromatic carbocycles. The number of ether oxygens (including phenoxy) is 1. The molecule has 0 saturated heterocycles. The van der Waals surface area contributed by atoms with Crippen molar-refractivity contribution in [3.63, 3.8) is 0 Å². The Hall–Kier alpha value is -0.830. The normalized spacial score (nSPS) is 9.89. The van der Waals surface area contributed by atoms with E-state index in [4.69, 9.17) is 9.26 Å². The van der Waals surface area contributed by atoms with Crippen LogP contribution in [0.5, 0.6) is 0 Å². The van der Waals surface area contributed by atoms with Crippen molar-refractivity contribution in [3.8, 4) is 0 Å². The lowest BCUT2D eigenvalue weighted by atomic mass is 10.5. The van der Waals surface area contributed by atoms with Gasteiger partial charge in [-0.2, -0.15) is 0 Å². The van der Waals surface area contributed by atoms with E-state index in [0.29, 0.717) is 13.2 Å². The smallest absolute Gasteiger partial charge is 0.163 e. The molecule has 0 N–H and O–H groups in total. The molecule has 0 atom stereocenters. The highest BCUT2D eigenvalue weighted by atomic mass is 16.5. The van der Waals surface area contributed by atoms with E-state index in [9.17, 15) is 0 Å². The molecule has 49 valence electrons. The van der Waals surface area contributed by atoms with Crippen LogP contribution in [0, 0.1) is 6.20 Å². The van der Waals surface area contributed by atoms with E-state index in [-0.39, 0.29) is 0 Å². The lowest BCUT2D eigenvalue weighted by molar-refractivity contribution is 0.112. The molecule has 0 aliphatic heterocycles. The van der Waals surface area contributed by atoms with Crippen molar-refractivity contribution < 1.29 is 9.26 Å². The van der Waals surface area contributed by atoms with Crippen molar-refractivity contribution in [2.24, 2.45) is 0 Å². The van der Waals surface area contributed by atoms with E-state index in [0.717, 1.165) is 5.76 Å². The molecule has 1 radical (unpaired) electrons. The van der Waals surface area contributed by atoms with E-state index in [1.54, 1.807) is 6.07 Å². The first-order valence-electron chi connectivity index (χ1n) is 2.83. The van der Waals surface area contributed by atoms with Gasteiger partial charge in [-0.3, -0.25) is 0 Å². The molecule has 3 heteroatoms. The van der Waals surface area contributed by atoms with Crippen LogP contribution in [-0.4, -0.2) is 11.8 Å². The molecule has 0 bridgehead atoms. The first-order valence-corrected chi connectivity index (χ1v) is 2.83. The third-order valence-corrected chi connectivity index (χ3v) is 0.890.